The topological polar surface area (TPSA) is 87.0 Å². The monoisotopic (exact) mass is 303 g/mol. The fourth-order valence-electron chi connectivity index (χ4n) is 2.96. The molecule has 7 nitrogen and oxygen atoms in total. The van der Waals surface area contributed by atoms with E-state index in [4.69, 9.17) is 5.11 Å². The number of aromatic amines is 1. The van der Waals surface area contributed by atoms with Crippen molar-refractivity contribution < 1.29 is 9.90 Å². The molecule has 2 heterocycles. The van der Waals surface area contributed by atoms with Crippen molar-refractivity contribution >= 4 is 5.97 Å². The third kappa shape index (κ3) is 3.36. The van der Waals surface area contributed by atoms with Crippen LogP contribution in [0.3, 0.4) is 0 Å². The van der Waals surface area contributed by atoms with Crippen molar-refractivity contribution in [3.05, 3.63) is 34.9 Å². The molecule has 3 rings (SSSR count). The molecule has 0 fully saturated rings. The van der Waals surface area contributed by atoms with Crippen molar-refractivity contribution in [2.24, 2.45) is 0 Å². The van der Waals surface area contributed by atoms with Gasteiger partial charge in [-0.1, -0.05) is 0 Å². The van der Waals surface area contributed by atoms with E-state index in [0.717, 1.165) is 37.2 Å². The minimum Gasteiger partial charge on any atom is -0.481 e. The number of nitrogens with one attached hydrogen (secondary N) is 1. The van der Waals surface area contributed by atoms with Gasteiger partial charge < -0.3 is 5.11 Å². The summed E-state index contributed by atoms with van der Waals surface area (Å²) in [5.41, 5.74) is 4.92. The Morgan fingerprint density at radius 2 is 2.32 bits per heavy atom. The highest BCUT2D eigenvalue weighted by Crippen LogP contribution is 2.23. The molecule has 0 aromatic carbocycles. The molecule has 22 heavy (non-hydrogen) atoms. The summed E-state index contributed by atoms with van der Waals surface area (Å²) in [7, 11) is 2.06. The van der Waals surface area contributed by atoms with Crippen LogP contribution in [0.2, 0.25) is 0 Å². The fourth-order valence-corrected chi connectivity index (χ4v) is 2.96. The second-order valence-electron chi connectivity index (χ2n) is 5.91. The fraction of sp³-hybridized carbons (Fsp3) is 0.533. The molecular weight excluding hydrogens is 282 g/mol. The highest BCUT2D eigenvalue weighted by atomic mass is 16.4. The van der Waals surface area contributed by atoms with Gasteiger partial charge in [0.15, 0.2) is 0 Å². The van der Waals surface area contributed by atoms with E-state index in [2.05, 4.69) is 27.2 Å². The zero-order valence-electron chi connectivity index (χ0n) is 12.7. The van der Waals surface area contributed by atoms with Crippen LogP contribution in [0.1, 0.15) is 35.4 Å². The van der Waals surface area contributed by atoms with Gasteiger partial charge in [-0.2, -0.15) is 10.2 Å². The number of carboxylic acids is 1. The van der Waals surface area contributed by atoms with Crippen LogP contribution in [0.5, 0.6) is 0 Å². The van der Waals surface area contributed by atoms with Crippen LogP contribution in [0.15, 0.2) is 12.4 Å². The van der Waals surface area contributed by atoms with Crippen LogP contribution in [0.4, 0.5) is 0 Å². The van der Waals surface area contributed by atoms with Crippen molar-refractivity contribution in [2.75, 3.05) is 7.05 Å². The van der Waals surface area contributed by atoms with E-state index in [0.29, 0.717) is 6.54 Å². The van der Waals surface area contributed by atoms with Gasteiger partial charge in [-0.25, -0.2) is 0 Å². The number of hydrogen-bond donors (Lipinski definition) is 2. The van der Waals surface area contributed by atoms with Gasteiger partial charge in [0.2, 0.25) is 0 Å². The summed E-state index contributed by atoms with van der Waals surface area (Å²) < 4.78 is 1.68. The summed E-state index contributed by atoms with van der Waals surface area (Å²) >= 11 is 0. The highest BCUT2D eigenvalue weighted by Gasteiger charge is 2.19. The first-order chi connectivity index (χ1) is 10.6. The number of carbonyl (C=O) groups is 1. The van der Waals surface area contributed by atoms with E-state index < -0.39 is 5.97 Å². The van der Waals surface area contributed by atoms with Crippen LogP contribution in [-0.4, -0.2) is 43.0 Å². The van der Waals surface area contributed by atoms with Gasteiger partial charge in [0.1, 0.15) is 0 Å². The molecule has 0 radical (unpaired) electrons. The van der Waals surface area contributed by atoms with Crippen LogP contribution < -0.4 is 0 Å². The lowest BCUT2D eigenvalue weighted by Gasteiger charge is -2.14. The zero-order chi connectivity index (χ0) is 15.5. The van der Waals surface area contributed by atoms with Gasteiger partial charge in [0, 0.05) is 30.5 Å². The molecule has 0 amide bonds. The Bertz CT molecular complexity index is 661. The summed E-state index contributed by atoms with van der Waals surface area (Å²) in [6, 6.07) is 0. The Kier molecular flexibility index (Phi) is 4.24. The maximum Gasteiger partial charge on any atom is 0.305 e. The molecule has 0 unspecified atom stereocenters. The molecule has 1 aliphatic carbocycles. The predicted molar refractivity (Wildman–Crippen MR) is 80.3 cm³/mol. The minimum absolute atomic E-state index is 0.0936. The third-order valence-electron chi connectivity index (χ3n) is 4.01. The molecule has 1 aliphatic rings. The van der Waals surface area contributed by atoms with Crippen molar-refractivity contribution in [1.82, 2.24) is 24.9 Å². The number of nitrogens with zero attached hydrogens (tertiary/aromatic N) is 4. The Balaban J connectivity index is 1.55. The molecular formula is C15H21N5O2. The van der Waals surface area contributed by atoms with E-state index in [1.807, 2.05) is 6.20 Å². The molecule has 0 saturated carbocycles. The van der Waals surface area contributed by atoms with Crippen molar-refractivity contribution in [2.45, 2.75) is 45.3 Å². The van der Waals surface area contributed by atoms with E-state index in [-0.39, 0.29) is 6.42 Å². The minimum atomic E-state index is -0.804. The Morgan fingerprint density at radius 1 is 1.45 bits per heavy atom. The second kappa shape index (κ2) is 6.31. The molecule has 2 aromatic rings. The number of aryl methyl sites for hydroxylation is 2. The number of rotatable bonds is 7. The number of carboxylic acid groups (broad SMARTS) is 1. The van der Waals surface area contributed by atoms with E-state index in [9.17, 15) is 4.79 Å². The summed E-state index contributed by atoms with van der Waals surface area (Å²) in [6.07, 6.45) is 7.26. The maximum atomic E-state index is 10.6. The molecule has 0 atom stereocenters. The summed E-state index contributed by atoms with van der Waals surface area (Å²) in [4.78, 5) is 12.8. The average Bonchev–Trinajstić information content (AvgIpc) is 3.15. The maximum absolute atomic E-state index is 10.6. The molecule has 118 valence electrons. The SMILES string of the molecule is CN(Cc1cnn(CCC(=O)O)c1)Cc1n[nH]c2c1CCC2. The summed E-state index contributed by atoms with van der Waals surface area (Å²) in [5, 5.41) is 20.4. The van der Waals surface area contributed by atoms with Gasteiger partial charge in [-0.15, -0.1) is 0 Å². The molecule has 7 heteroatoms. The Labute approximate surface area is 128 Å². The van der Waals surface area contributed by atoms with Crippen molar-refractivity contribution in [1.29, 1.82) is 0 Å². The molecule has 2 aromatic heterocycles. The quantitative estimate of drug-likeness (QED) is 0.802. The largest absolute Gasteiger partial charge is 0.481 e. The van der Waals surface area contributed by atoms with Gasteiger partial charge in [-0.3, -0.25) is 19.5 Å². The summed E-state index contributed by atoms with van der Waals surface area (Å²) in [6.45, 7) is 1.99. The number of hydrogen-bond acceptors (Lipinski definition) is 4. The van der Waals surface area contributed by atoms with Gasteiger partial charge in [-0.05, 0) is 31.9 Å². The normalized spacial score (nSPS) is 13.7. The number of H-pyrrole nitrogens is 1. The van der Waals surface area contributed by atoms with Crippen LogP contribution in [0, 0.1) is 0 Å². The second-order valence-corrected chi connectivity index (χ2v) is 5.91. The summed E-state index contributed by atoms with van der Waals surface area (Å²) in [5.74, 6) is -0.804. The first-order valence-electron chi connectivity index (χ1n) is 7.58. The number of fused-ring (bicyclic) bond motifs is 1. The van der Waals surface area contributed by atoms with E-state index in [1.165, 1.54) is 17.7 Å². The van der Waals surface area contributed by atoms with Crippen LogP contribution in [0.25, 0.3) is 0 Å². The molecule has 0 bridgehead atoms. The first-order valence-corrected chi connectivity index (χ1v) is 7.58. The Morgan fingerprint density at radius 3 is 3.14 bits per heavy atom. The zero-order valence-corrected chi connectivity index (χ0v) is 12.7. The Hall–Kier alpha value is -2.15. The standard InChI is InChI=1S/C15H21N5O2/c1-19(10-14-12-3-2-4-13(12)17-18-14)8-11-7-16-20(9-11)6-5-15(21)22/h7,9H,2-6,8,10H2,1H3,(H,17,18)(H,21,22). The third-order valence-corrected chi connectivity index (χ3v) is 4.01. The van der Waals surface area contributed by atoms with Crippen molar-refractivity contribution in [3.63, 3.8) is 0 Å². The lowest BCUT2D eigenvalue weighted by atomic mass is 10.2. The van der Waals surface area contributed by atoms with Gasteiger partial charge in [0.05, 0.1) is 24.9 Å². The number of aromatic nitrogens is 4. The molecule has 0 saturated heterocycles. The average molecular weight is 303 g/mol. The van der Waals surface area contributed by atoms with Crippen LogP contribution in [-0.2, 0) is 37.3 Å². The van der Waals surface area contributed by atoms with E-state index >= 15 is 0 Å². The van der Waals surface area contributed by atoms with E-state index in [1.54, 1.807) is 10.9 Å². The predicted octanol–water partition coefficient (Wildman–Crippen LogP) is 1.20. The number of aliphatic carboxylic acids is 1. The first kappa shape index (κ1) is 14.8. The molecule has 0 aliphatic heterocycles. The smallest absolute Gasteiger partial charge is 0.305 e. The van der Waals surface area contributed by atoms with Crippen molar-refractivity contribution in [3.8, 4) is 0 Å². The highest BCUT2D eigenvalue weighted by molar-refractivity contribution is 5.66. The lowest BCUT2D eigenvalue weighted by molar-refractivity contribution is -0.137. The van der Waals surface area contributed by atoms with Gasteiger partial charge >= 0.3 is 5.97 Å². The van der Waals surface area contributed by atoms with Crippen LogP contribution >= 0.6 is 0 Å². The molecule has 2 N–H and O–H groups in total. The molecule has 0 spiro atoms. The van der Waals surface area contributed by atoms with Gasteiger partial charge in [0.25, 0.3) is 0 Å². The lowest BCUT2D eigenvalue weighted by Crippen LogP contribution is -2.18.